The zero-order valence-corrected chi connectivity index (χ0v) is 13.2. The molecule has 0 aliphatic carbocycles. The third-order valence-electron chi connectivity index (χ3n) is 3.36. The van der Waals surface area contributed by atoms with Crippen LogP contribution >= 0.6 is 0 Å². The number of carboxylic acids is 1. The molecule has 0 saturated heterocycles. The van der Waals surface area contributed by atoms with Crippen molar-refractivity contribution in [3.63, 3.8) is 0 Å². The van der Waals surface area contributed by atoms with Crippen molar-refractivity contribution in [1.29, 1.82) is 0 Å². The first-order valence-corrected chi connectivity index (χ1v) is 7.29. The number of carboxylic acid groups (broad SMARTS) is 1. The van der Waals surface area contributed by atoms with E-state index < -0.39 is 5.97 Å². The fourth-order valence-electron chi connectivity index (χ4n) is 2.35. The fraction of sp³-hybridized carbons (Fsp3) is 0.625. The molecule has 0 radical (unpaired) electrons. The van der Waals surface area contributed by atoms with Gasteiger partial charge in [0.2, 0.25) is 0 Å². The number of hydrogen-bond donors (Lipinski definition) is 2. The Labute approximate surface area is 121 Å². The molecule has 0 aliphatic heterocycles. The molecular weight excluding hydrogens is 252 g/mol. The highest BCUT2D eigenvalue weighted by Crippen LogP contribution is 2.20. The quantitative estimate of drug-likeness (QED) is 0.790. The van der Waals surface area contributed by atoms with Crippen LogP contribution in [0.4, 0.5) is 5.82 Å². The zero-order chi connectivity index (χ0) is 15.3. The molecular formula is C16H26N2O2. The van der Waals surface area contributed by atoms with E-state index in [1.807, 2.05) is 13.8 Å². The standard InChI is InChI=1S/C16H26N2O2/c1-10(2)7-6-8-12(4)17-15-14(16(19)20)11(3)9-13(5)18-15/h9-10,12H,6-8H2,1-5H3,(H,17,18)(H,19,20). The lowest BCUT2D eigenvalue weighted by atomic mass is 10.0. The van der Waals surface area contributed by atoms with Gasteiger partial charge in [0.15, 0.2) is 0 Å². The Bertz CT molecular complexity index is 470. The largest absolute Gasteiger partial charge is 0.478 e. The van der Waals surface area contributed by atoms with Crippen LogP contribution in [0.1, 0.15) is 61.6 Å². The molecule has 4 heteroatoms. The first-order valence-electron chi connectivity index (χ1n) is 7.29. The lowest BCUT2D eigenvalue weighted by Gasteiger charge is -2.18. The second kappa shape index (κ2) is 7.27. The van der Waals surface area contributed by atoms with Crippen molar-refractivity contribution in [1.82, 2.24) is 4.98 Å². The van der Waals surface area contributed by atoms with Gasteiger partial charge in [-0.1, -0.05) is 26.7 Å². The maximum Gasteiger partial charge on any atom is 0.339 e. The van der Waals surface area contributed by atoms with Gasteiger partial charge in [-0.05, 0) is 44.7 Å². The lowest BCUT2D eigenvalue weighted by molar-refractivity contribution is 0.0697. The van der Waals surface area contributed by atoms with Crippen molar-refractivity contribution in [2.45, 2.75) is 59.9 Å². The molecule has 20 heavy (non-hydrogen) atoms. The minimum absolute atomic E-state index is 0.223. The lowest BCUT2D eigenvalue weighted by Crippen LogP contribution is -2.19. The van der Waals surface area contributed by atoms with Crippen molar-refractivity contribution in [3.05, 3.63) is 22.9 Å². The highest BCUT2D eigenvalue weighted by Gasteiger charge is 2.17. The molecule has 1 atom stereocenters. The fourth-order valence-corrected chi connectivity index (χ4v) is 2.35. The predicted octanol–water partition coefficient (Wildman–Crippen LogP) is 4.02. The second-order valence-electron chi connectivity index (χ2n) is 5.98. The van der Waals surface area contributed by atoms with E-state index in [1.54, 1.807) is 6.07 Å². The van der Waals surface area contributed by atoms with E-state index in [2.05, 4.69) is 31.1 Å². The van der Waals surface area contributed by atoms with Gasteiger partial charge in [-0.25, -0.2) is 9.78 Å². The molecule has 1 unspecified atom stereocenters. The van der Waals surface area contributed by atoms with Crippen LogP contribution < -0.4 is 5.32 Å². The van der Waals surface area contributed by atoms with Gasteiger partial charge in [-0.3, -0.25) is 0 Å². The number of nitrogens with one attached hydrogen (secondary N) is 1. The van der Waals surface area contributed by atoms with Crippen LogP contribution in [0.15, 0.2) is 6.07 Å². The van der Waals surface area contributed by atoms with Crippen molar-refractivity contribution in [2.75, 3.05) is 5.32 Å². The van der Waals surface area contributed by atoms with E-state index in [9.17, 15) is 9.90 Å². The maximum absolute atomic E-state index is 11.4. The number of hydrogen-bond acceptors (Lipinski definition) is 3. The first kappa shape index (κ1) is 16.5. The molecule has 2 N–H and O–H groups in total. The number of anilines is 1. The summed E-state index contributed by atoms with van der Waals surface area (Å²) in [5.74, 6) is 0.273. The van der Waals surface area contributed by atoms with Crippen LogP contribution in [0.25, 0.3) is 0 Å². The van der Waals surface area contributed by atoms with Gasteiger partial charge in [0.05, 0.1) is 0 Å². The number of aryl methyl sites for hydroxylation is 2. The first-order chi connectivity index (χ1) is 9.31. The minimum Gasteiger partial charge on any atom is -0.478 e. The zero-order valence-electron chi connectivity index (χ0n) is 13.2. The summed E-state index contributed by atoms with van der Waals surface area (Å²) in [4.78, 5) is 15.7. The summed E-state index contributed by atoms with van der Waals surface area (Å²) in [6.07, 6.45) is 3.35. The number of rotatable bonds is 7. The third kappa shape index (κ3) is 4.83. The van der Waals surface area contributed by atoms with E-state index in [0.717, 1.165) is 24.1 Å². The molecule has 0 spiro atoms. The Morgan fingerprint density at radius 2 is 1.95 bits per heavy atom. The van der Waals surface area contributed by atoms with E-state index >= 15 is 0 Å². The van der Waals surface area contributed by atoms with Crippen LogP contribution in [0.2, 0.25) is 0 Å². The molecule has 0 aromatic carbocycles. The average molecular weight is 278 g/mol. The molecule has 0 amide bonds. The van der Waals surface area contributed by atoms with Gasteiger partial charge in [0.25, 0.3) is 0 Å². The molecule has 1 aromatic rings. The SMILES string of the molecule is Cc1cc(C)c(C(=O)O)c(NC(C)CCCC(C)C)n1. The third-order valence-corrected chi connectivity index (χ3v) is 3.36. The van der Waals surface area contributed by atoms with Gasteiger partial charge < -0.3 is 10.4 Å². The van der Waals surface area contributed by atoms with E-state index in [4.69, 9.17) is 0 Å². The van der Waals surface area contributed by atoms with Crippen LogP contribution in [-0.2, 0) is 0 Å². The van der Waals surface area contributed by atoms with Crippen molar-refractivity contribution in [2.24, 2.45) is 5.92 Å². The number of aromatic nitrogens is 1. The summed E-state index contributed by atoms with van der Waals surface area (Å²) in [6.45, 7) is 10.2. The molecule has 112 valence electrons. The molecule has 0 bridgehead atoms. The van der Waals surface area contributed by atoms with E-state index in [1.165, 1.54) is 6.42 Å². The topological polar surface area (TPSA) is 62.2 Å². The summed E-state index contributed by atoms with van der Waals surface area (Å²) < 4.78 is 0. The highest BCUT2D eigenvalue weighted by molar-refractivity contribution is 5.94. The molecule has 0 saturated carbocycles. The molecule has 1 heterocycles. The highest BCUT2D eigenvalue weighted by atomic mass is 16.4. The Kier molecular flexibility index (Phi) is 5.99. The smallest absolute Gasteiger partial charge is 0.339 e. The average Bonchev–Trinajstić information content (AvgIpc) is 2.26. The Morgan fingerprint density at radius 1 is 1.30 bits per heavy atom. The Morgan fingerprint density at radius 3 is 2.50 bits per heavy atom. The summed E-state index contributed by atoms with van der Waals surface area (Å²) in [6, 6.07) is 2.03. The van der Waals surface area contributed by atoms with Crippen LogP contribution in [0.3, 0.4) is 0 Å². The number of carbonyl (C=O) groups is 1. The van der Waals surface area contributed by atoms with Gasteiger partial charge in [0.1, 0.15) is 11.4 Å². The number of pyridine rings is 1. The van der Waals surface area contributed by atoms with Gasteiger partial charge >= 0.3 is 5.97 Å². The summed E-state index contributed by atoms with van der Waals surface area (Å²) in [5.41, 5.74) is 1.87. The molecule has 1 rings (SSSR count). The normalized spacial score (nSPS) is 12.5. The van der Waals surface area contributed by atoms with Crippen molar-refractivity contribution >= 4 is 11.8 Å². The molecule has 4 nitrogen and oxygen atoms in total. The van der Waals surface area contributed by atoms with Crippen LogP contribution in [-0.4, -0.2) is 22.1 Å². The Hall–Kier alpha value is -1.58. The van der Waals surface area contributed by atoms with Crippen molar-refractivity contribution < 1.29 is 9.90 Å². The molecule has 1 aromatic heterocycles. The summed E-state index contributed by atoms with van der Waals surface area (Å²) in [7, 11) is 0. The molecule has 0 aliphatic rings. The van der Waals surface area contributed by atoms with E-state index in [0.29, 0.717) is 11.7 Å². The number of aromatic carboxylic acids is 1. The predicted molar refractivity (Wildman–Crippen MR) is 82.4 cm³/mol. The second-order valence-corrected chi connectivity index (χ2v) is 5.98. The Balaban J connectivity index is 2.78. The van der Waals surface area contributed by atoms with Gasteiger partial charge in [-0.15, -0.1) is 0 Å². The summed E-state index contributed by atoms with van der Waals surface area (Å²) >= 11 is 0. The van der Waals surface area contributed by atoms with Crippen LogP contribution in [0, 0.1) is 19.8 Å². The monoisotopic (exact) mass is 278 g/mol. The van der Waals surface area contributed by atoms with Gasteiger partial charge in [-0.2, -0.15) is 0 Å². The van der Waals surface area contributed by atoms with Gasteiger partial charge in [0, 0.05) is 11.7 Å². The minimum atomic E-state index is -0.924. The maximum atomic E-state index is 11.4. The van der Waals surface area contributed by atoms with E-state index in [-0.39, 0.29) is 11.6 Å². The molecule has 0 fully saturated rings. The number of nitrogens with zero attached hydrogens (tertiary/aromatic N) is 1. The van der Waals surface area contributed by atoms with Crippen LogP contribution in [0.5, 0.6) is 0 Å². The van der Waals surface area contributed by atoms with Crippen molar-refractivity contribution in [3.8, 4) is 0 Å². The summed E-state index contributed by atoms with van der Waals surface area (Å²) in [5, 5.41) is 12.6.